The highest BCUT2D eigenvalue weighted by molar-refractivity contribution is 5.68. The maximum Gasteiger partial charge on any atom is 0.303 e. The number of hydrogen-bond donors (Lipinski definition) is 0. The zero-order valence-corrected chi connectivity index (χ0v) is 15.0. The minimum absolute atomic E-state index is 0.00445. The van der Waals surface area contributed by atoms with E-state index in [1.165, 1.54) is 25.0 Å². The van der Waals surface area contributed by atoms with Crippen molar-refractivity contribution in [2.45, 2.75) is 72.3 Å². The molecule has 4 atom stereocenters. The summed E-state index contributed by atoms with van der Waals surface area (Å²) < 4.78 is 11.2. The Morgan fingerprint density at radius 1 is 1.13 bits per heavy atom. The largest absolute Gasteiger partial charge is 0.465 e. The molecule has 0 heterocycles. The van der Waals surface area contributed by atoms with Crippen LogP contribution in [0.3, 0.4) is 0 Å². The van der Waals surface area contributed by atoms with E-state index in [2.05, 4.69) is 20.8 Å². The summed E-state index contributed by atoms with van der Waals surface area (Å²) in [6, 6.07) is 0. The molecule has 0 aromatic carbocycles. The van der Waals surface area contributed by atoms with Crippen LogP contribution in [0.15, 0.2) is 11.1 Å². The molecule has 3 rings (SSSR count). The number of hydrogen-bond acceptors (Lipinski definition) is 4. The van der Waals surface area contributed by atoms with Crippen molar-refractivity contribution < 1.29 is 19.1 Å². The lowest BCUT2D eigenvalue weighted by Gasteiger charge is -2.61. The second-order valence-electron chi connectivity index (χ2n) is 8.50. The summed E-state index contributed by atoms with van der Waals surface area (Å²) in [5.74, 6) is 0.134. The summed E-state index contributed by atoms with van der Waals surface area (Å²) in [5, 5.41) is 0. The maximum absolute atomic E-state index is 11.7. The van der Waals surface area contributed by atoms with Gasteiger partial charge >= 0.3 is 11.9 Å². The normalized spacial score (nSPS) is 41.7. The van der Waals surface area contributed by atoms with Crippen molar-refractivity contribution in [3.8, 4) is 0 Å². The third-order valence-corrected chi connectivity index (χ3v) is 6.58. The standard InChI is InChI=1S/C19H28O4/c1-12-16-10-17(4,11-22-13(2)20)8-15(16)9-18(5)6-7-19(12,18)23-14(3)21/h15H,6-11H2,1-5H3/t15-,17-,18-,19-/m1/s1. The SMILES string of the molecule is CC(=O)OC[C@@]1(C)CC2=C(C)[C@]3(OC(C)=O)CC[C@]3(C)C[C@H]2C1. The van der Waals surface area contributed by atoms with Gasteiger partial charge in [-0.1, -0.05) is 19.4 Å². The van der Waals surface area contributed by atoms with Gasteiger partial charge in [0.05, 0.1) is 6.61 Å². The lowest BCUT2D eigenvalue weighted by Crippen LogP contribution is -2.61. The van der Waals surface area contributed by atoms with E-state index < -0.39 is 5.60 Å². The van der Waals surface area contributed by atoms with Crippen LogP contribution in [-0.2, 0) is 19.1 Å². The quantitative estimate of drug-likeness (QED) is 0.586. The first-order valence-electron chi connectivity index (χ1n) is 8.64. The minimum atomic E-state index is -0.392. The highest BCUT2D eigenvalue weighted by Gasteiger charge is 2.64. The summed E-state index contributed by atoms with van der Waals surface area (Å²) in [6.07, 6.45) is 5.12. The molecular weight excluding hydrogens is 292 g/mol. The van der Waals surface area contributed by atoms with Crippen molar-refractivity contribution in [1.82, 2.24) is 0 Å². The van der Waals surface area contributed by atoms with E-state index in [9.17, 15) is 9.59 Å². The highest BCUT2D eigenvalue weighted by Crippen LogP contribution is 2.67. The molecular formula is C19H28O4. The lowest BCUT2D eigenvalue weighted by atomic mass is 9.48. The van der Waals surface area contributed by atoms with Gasteiger partial charge in [-0.3, -0.25) is 9.59 Å². The Kier molecular flexibility index (Phi) is 3.66. The fourth-order valence-electron chi connectivity index (χ4n) is 5.40. The first kappa shape index (κ1) is 16.5. The lowest BCUT2D eigenvalue weighted by molar-refractivity contribution is -0.197. The van der Waals surface area contributed by atoms with Gasteiger partial charge in [0.2, 0.25) is 0 Å². The van der Waals surface area contributed by atoms with Crippen LogP contribution in [0.5, 0.6) is 0 Å². The second-order valence-corrected chi connectivity index (χ2v) is 8.50. The van der Waals surface area contributed by atoms with Gasteiger partial charge in [0.15, 0.2) is 0 Å². The Labute approximate surface area is 138 Å². The molecule has 0 aromatic rings. The first-order valence-corrected chi connectivity index (χ1v) is 8.64. The number of carbonyl (C=O) groups excluding carboxylic acids is 2. The molecule has 0 amide bonds. The van der Waals surface area contributed by atoms with Crippen LogP contribution in [-0.4, -0.2) is 24.1 Å². The van der Waals surface area contributed by atoms with Crippen LogP contribution in [0.1, 0.15) is 66.7 Å². The van der Waals surface area contributed by atoms with Crippen LogP contribution < -0.4 is 0 Å². The second kappa shape index (κ2) is 5.09. The van der Waals surface area contributed by atoms with Gasteiger partial charge in [0, 0.05) is 24.7 Å². The average Bonchev–Trinajstić information content (AvgIpc) is 2.77. The van der Waals surface area contributed by atoms with Crippen LogP contribution in [0.4, 0.5) is 0 Å². The molecule has 0 bridgehead atoms. The van der Waals surface area contributed by atoms with E-state index in [1.807, 2.05) is 0 Å². The fourth-order valence-corrected chi connectivity index (χ4v) is 5.40. The van der Waals surface area contributed by atoms with E-state index in [-0.39, 0.29) is 22.8 Å². The maximum atomic E-state index is 11.7. The zero-order chi connectivity index (χ0) is 17.0. The monoisotopic (exact) mass is 320 g/mol. The number of fused-ring (bicyclic) bond motifs is 2. The van der Waals surface area contributed by atoms with Gasteiger partial charge in [-0.25, -0.2) is 0 Å². The van der Waals surface area contributed by atoms with Crippen molar-refractivity contribution in [2.75, 3.05) is 6.61 Å². The van der Waals surface area contributed by atoms with E-state index >= 15 is 0 Å². The number of allylic oxidation sites excluding steroid dienone is 1. The molecule has 0 aliphatic heterocycles. The smallest absolute Gasteiger partial charge is 0.303 e. The van der Waals surface area contributed by atoms with Crippen LogP contribution in [0.2, 0.25) is 0 Å². The van der Waals surface area contributed by atoms with E-state index in [4.69, 9.17) is 9.47 Å². The number of rotatable bonds is 3. The van der Waals surface area contributed by atoms with Crippen LogP contribution in [0.25, 0.3) is 0 Å². The van der Waals surface area contributed by atoms with Crippen molar-refractivity contribution >= 4 is 11.9 Å². The van der Waals surface area contributed by atoms with Gasteiger partial charge in [0.1, 0.15) is 5.60 Å². The third-order valence-electron chi connectivity index (χ3n) is 6.58. The molecule has 3 aliphatic rings. The molecule has 0 unspecified atom stereocenters. The fraction of sp³-hybridized carbons (Fsp3) is 0.789. The topological polar surface area (TPSA) is 52.6 Å². The van der Waals surface area contributed by atoms with Gasteiger partial charge in [-0.15, -0.1) is 0 Å². The van der Waals surface area contributed by atoms with E-state index in [0.717, 1.165) is 32.1 Å². The predicted octanol–water partition coefficient (Wildman–Crippen LogP) is 3.79. The molecule has 23 heavy (non-hydrogen) atoms. The summed E-state index contributed by atoms with van der Waals surface area (Å²) in [7, 11) is 0. The van der Waals surface area contributed by atoms with Crippen LogP contribution >= 0.6 is 0 Å². The molecule has 2 saturated carbocycles. The molecule has 2 fully saturated rings. The molecule has 4 heteroatoms. The Morgan fingerprint density at radius 2 is 1.83 bits per heavy atom. The molecule has 0 N–H and O–H groups in total. The van der Waals surface area contributed by atoms with E-state index in [0.29, 0.717) is 12.5 Å². The number of carbonyl (C=O) groups is 2. The molecule has 128 valence electrons. The Bertz CT molecular complexity index is 592. The first-order chi connectivity index (χ1) is 10.6. The predicted molar refractivity (Wildman–Crippen MR) is 86.6 cm³/mol. The third kappa shape index (κ3) is 2.41. The average molecular weight is 320 g/mol. The van der Waals surface area contributed by atoms with E-state index in [1.54, 1.807) is 0 Å². The summed E-state index contributed by atoms with van der Waals surface area (Å²) in [6.45, 7) is 10.1. The number of esters is 2. The minimum Gasteiger partial charge on any atom is -0.465 e. The molecule has 4 nitrogen and oxygen atoms in total. The summed E-state index contributed by atoms with van der Waals surface area (Å²) in [4.78, 5) is 22.8. The molecule has 0 spiro atoms. The van der Waals surface area contributed by atoms with Crippen molar-refractivity contribution in [3.63, 3.8) is 0 Å². The van der Waals surface area contributed by atoms with Crippen molar-refractivity contribution in [3.05, 3.63) is 11.1 Å². The van der Waals surface area contributed by atoms with Gasteiger partial charge < -0.3 is 9.47 Å². The number of ether oxygens (including phenoxy) is 2. The van der Waals surface area contributed by atoms with Crippen LogP contribution in [0, 0.1) is 16.7 Å². The molecule has 0 saturated heterocycles. The van der Waals surface area contributed by atoms with Crippen molar-refractivity contribution in [1.29, 1.82) is 0 Å². The highest BCUT2D eigenvalue weighted by atomic mass is 16.6. The molecule has 3 aliphatic carbocycles. The summed E-state index contributed by atoms with van der Waals surface area (Å²) in [5.41, 5.74) is 2.38. The van der Waals surface area contributed by atoms with Gasteiger partial charge in [-0.2, -0.15) is 0 Å². The van der Waals surface area contributed by atoms with Gasteiger partial charge in [-0.05, 0) is 50.5 Å². The zero-order valence-electron chi connectivity index (χ0n) is 15.0. The Balaban J connectivity index is 1.90. The Hall–Kier alpha value is -1.32. The molecule has 0 radical (unpaired) electrons. The molecule has 0 aromatic heterocycles. The Morgan fingerprint density at radius 3 is 2.35 bits per heavy atom. The van der Waals surface area contributed by atoms with Crippen molar-refractivity contribution in [2.24, 2.45) is 16.7 Å². The van der Waals surface area contributed by atoms with Gasteiger partial charge in [0.25, 0.3) is 0 Å². The summed E-state index contributed by atoms with van der Waals surface area (Å²) >= 11 is 0.